The second-order valence-corrected chi connectivity index (χ2v) is 15.4. The molecule has 60 heavy (non-hydrogen) atoms. The molecule has 1 N–H and O–H groups in total. The first-order chi connectivity index (χ1) is 29.0. The van der Waals surface area contributed by atoms with E-state index < -0.39 is 11.9 Å². The zero-order chi connectivity index (χ0) is 42.2. The van der Waals surface area contributed by atoms with E-state index in [9.17, 15) is 14.4 Å². The number of fused-ring (bicyclic) bond motifs is 2. The minimum atomic E-state index is -0.509. The Morgan fingerprint density at radius 3 is 1.75 bits per heavy atom. The van der Waals surface area contributed by atoms with Crippen molar-refractivity contribution in [3.8, 4) is 33.8 Å². The van der Waals surface area contributed by atoms with Gasteiger partial charge >= 0.3 is 6.09 Å². The van der Waals surface area contributed by atoms with Crippen LogP contribution in [-0.2, 0) is 27.3 Å². The van der Waals surface area contributed by atoms with Crippen molar-refractivity contribution in [3.05, 3.63) is 106 Å². The number of carbonyl (C=O) groups is 1. The number of rotatable bonds is 10. The Morgan fingerprint density at radius 2 is 1.25 bits per heavy atom. The van der Waals surface area contributed by atoms with Crippen LogP contribution in [0.2, 0.25) is 0 Å². The molecule has 6 heterocycles. The second-order valence-electron chi connectivity index (χ2n) is 15.4. The van der Waals surface area contributed by atoms with Crippen LogP contribution in [0.4, 0.5) is 4.79 Å². The van der Waals surface area contributed by atoms with E-state index in [0.29, 0.717) is 48.8 Å². The van der Waals surface area contributed by atoms with Gasteiger partial charge in [0.15, 0.2) is 6.29 Å². The van der Waals surface area contributed by atoms with Crippen molar-refractivity contribution in [1.29, 1.82) is 0 Å². The molecule has 0 radical (unpaired) electrons. The van der Waals surface area contributed by atoms with E-state index in [1.165, 1.54) is 12.4 Å². The third-order valence-electron chi connectivity index (χ3n) is 10.3. The van der Waals surface area contributed by atoms with E-state index in [2.05, 4.69) is 30.2 Å². The molecule has 2 aliphatic heterocycles. The first-order valence-corrected chi connectivity index (χ1v) is 19.9. The summed E-state index contributed by atoms with van der Waals surface area (Å²) >= 11 is 0. The lowest BCUT2D eigenvalue weighted by molar-refractivity contribution is -0.0523. The molecular formula is C44H50N8O8. The number of carbonyl (C=O) groups excluding carboxylic acids is 1. The van der Waals surface area contributed by atoms with Gasteiger partial charge in [0.25, 0.3) is 11.1 Å². The molecule has 0 bridgehead atoms. The van der Waals surface area contributed by atoms with Crippen LogP contribution in [-0.4, -0.2) is 105 Å². The van der Waals surface area contributed by atoms with Crippen LogP contribution in [0.25, 0.3) is 44.3 Å². The molecule has 314 valence electrons. The summed E-state index contributed by atoms with van der Waals surface area (Å²) in [6, 6.07) is 15.2. The number of alkyl carbamates (subject to hydrolysis) is 1. The molecule has 0 spiro atoms. The Balaban J connectivity index is 0.000000191. The fourth-order valence-corrected chi connectivity index (χ4v) is 7.32. The van der Waals surface area contributed by atoms with Gasteiger partial charge in [0, 0.05) is 80.3 Å². The standard InChI is InChI=1S/C26H33N5O4.C18H17N3O4/c1-26(2,3)35-25(33)29-19-7-11-30(12-8-19)13-14-31-22-16-20(34-4)15-21(18-5-9-27-10-6-18)24(22)28-17-23(31)32;1-23-13-8-14(12-2-4-19-5-3-12)18-15(9-13)21(16(22)10-20-18)11-17-24-6-7-25-17/h5-6,9-10,15-17,19H,7-8,11-14H2,1-4H3,(H,29,33);2-5,8-10,17H,6-7,11H2,1H3. The maximum atomic E-state index is 12.8. The lowest BCUT2D eigenvalue weighted by atomic mass is 10.0. The summed E-state index contributed by atoms with van der Waals surface area (Å²) in [6.45, 7) is 9.88. The van der Waals surface area contributed by atoms with E-state index in [4.69, 9.17) is 23.7 Å². The van der Waals surface area contributed by atoms with Gasteiger partial charge in [0.05, 0.1) is 68.4 Å². The van der Waals surface area contributed by atoms with Crippen LogP contribution in [0.5, 0.6) is 11.5 Å². The van der Waals surface area contributed by atoms with E-state index in [1.54, 1.807) is 48.1 Å². The highest BCUT2D eigenvalue weighted by molar-refractivity contribution is 5.94. The van der Waals surface area contributed by atoms with Crippen molar-refractivity contribution in [2.75, 3.05) is 47.1 Å². The smallest absolute Gasteiger partial charge is 0.407 e. The molecule has 2 aliphatic rings. The first kappa shape index (κ1) is 41.9. The molecule has 4 aromatic heterocycles. The van der Waals surface area contributed by atoms with Gasteiger partial charge in [-0.25, -0.2) is 14.8 Å². The average molecular weight is 819 g/mol. The van der Waals surface area contributed by atoms with Gasteiger partial charge in [0.2, 0.25) is 0 Å². The third kappa shape index (κ3) is 10.1. The second kappa shape index (κ2) is 18.8. The first-order valence-electron chi connectivity index (χ1n) is 19.9. The summed E-state index contributed by atoms with van der Waals surface area (Å²) in [5.74, 6) is 1.31. The lowest BCUT2D eigenvalue weighted by Gasteiger charge is -2.33. The van der Waals surface area contributed by atoms with Crippen molar-refractivity contribution in [3.63, 3.8) is 0 Å². The van der Waals surface area contributed by atoms with E-state index in [1.807, 2.05) is 69.3 Å². The third-order valence-corrected chi connectivity index (χ3v) is 10.3. The maximum absolute atomic E-state index is 12.8. The summed E-state index contributed by atoms with van der Waals surface area (Å²) in [7, 11) is 3.21. The molecule has 2 aromatic carbocycles. The van der Waals surface area contributed by atoms with Gasteiger partial charge in [0.1, 0.15) is 17.1 Å². The number of nitrogens with zero attached hydrogens (tertiary/aromatic N) is 7. The molecule has 16 heteroatoms. The fourth-order valence-electron chi connectivity index (χ4n) is 7.32. The van der Waals surface area contributed by atoms with Crippen molar-refractivity contribution in [2.24, 2.45) is 0 Å². The van der Waals surface area contributed by atoms with Crippen molar-refractivity contribution in [2.45, 2.75) is 64.6 Å². The van der Waals surface area contributed by atoms with Crippen LogP contribution in [0.1, 0.15) is 33.6 Å². The topological polar surface area (TPSA) is 174 Å². The Bertz CT molecular complexity index is 2530. The molecule has 1 amide bonds. The number of piperidine rings is 1. The number of amides is 1. The molecule has 2 fully saturated rings. The minimum absolute atomic E-state index is 0.0951. The van der Waals surface area contributed by atoms with Gasteiger partial charge in [-0.1, -0.05) is 0 Å². The maximum Gasteiger partial charge on any atom is 0.407 e. The van der Waals surface area contributed by atoms with Crippen LogP contribution < -0.4 is 25.9 Å². The number of benzene rings is 2. The zero-order valence-corrected chi connectivity index (χ0v) is 34.5. The quantitative estimate of drug-likeness (QED) is 0.189. The Labute approximate surface area is 347 Å². The summed E-state index contributed by atoms with van der Waals surface area (Å²) in [6.07, 6.45) is 10.5. The van der Waals surface area contributed by atoms with Gasteiger partial charge < -0.3 is 43.0 Å². The van der Waals surface area contributed by atoms with Gasteiger partial charge in [-0.05, 0) is 81.1 Å². The Hall–Kier alpha value is -6.23. The van der Waals surface area contributed by atoms with Gasteiger partial charge in [-0.3, -0.25) is 19.6 Å². The molecule has 6 aromatic rings. The molecule has 2 saturated heterocycles. The lowest BCUT2D eigenvalue weighted by Crippen LogP contribution is -2.46. The predicted octanol–water partition coefficient (Wildman–Crippen LogP) is 5.30. The molecule has 8 rings (SSSR count). The van der Waals surface area contributed by atoms with Gasteiger partial charge in [-0.2, -0.15) is 0 Å². The fraction of sp³-hybridized carbons (Fsp3) is 0.386. The normalized spacial score (nSPS) is 15.1. The highest BCUT2D eigenvalue weighted by atomic mass is 16.7. The Morgan fingerprint density at radius 1 is 0.750 bits per heavy atom. The van der Waals surface area contributed by atoms with Crippen LogP contribution in [0.15, 0.2) is 95.3 Å². The SMILES string of the molecule is COc1cc(-c2ccncc2)c2ncc(=O)n(CC3OCCO3)c2c1.COc1cc(-c2ccncc2)c2ncc(=O)n(CCN3CCC(NC(=O)OC(C)(C)C)CC3)c2c1. The number of hydrogen-bond donors (Lipinski definition) is 1. The summed E-state index contributed by atoms with van der Waals surface area (Å²) < 4.78 is 30.7. The molecule has 0 aliphatic carbocycles. The van der Waals surface area contributed by atoms with Crippen molar-refractivity contribution in [1.82, 2.24) is 39.3 Å². The molecule has 0 atom stereocenters. The number of pyridine rings is 2. The van der Waals surface area contributed by atoms with E-state index in [0.717, 1.165) is 65.8 Å². The average Bonchev–Trinajstić information content (AvgIpc) is 3.77. The summed E-state index contributed by atoms with van der Waals surface area (Å²) in [5, 5.41) is 2.97. The van der Waals surface area contributed by atoms with E-state index >= 15 is 0 Å². The number of nitrogens with one attached hydrogen (secondary N) is 1. The summed E-state index contributed by atoms with van der Waals surface area (Å²) in [4.78, 5) is 56.6. The number of likely N-dealkylation sites (tertiary alicyclic amines) is 1. The minimum Gasteiger partial charge on any atom is -0.497 e. The van der Waals surface area contributed by atoms with Crippen LogP contribution in [0, 0.1) is 0 Å². The van der Waals surface area contributed by atoms with E-state index in [-0.39, 0.29) is 23.3 Å². The number of hydrogen-bond acceptors (Lipinski definition) is 13. The highest BCUT2D eigenvalue weighted by Gasteiger charge is 2.24. The number of aromatic nitrogens is 6. The predicted molar refractivity (Wildman–Crippen MR) is 226 cm³/mol. The zero-order valence-electron chi connectivity index (χ0n) is 34.5. The summed E-state index contributed by atoms with van der Waals surface area (Å²) in [5.41, 5.74) is 5.69. The van der Waals surface area contributed by atoms with Crippen molar-refractivity contribution < 1.29 is 28.5 Å². The number of ether oxygens (including phenoxy) is 5. The van der Waals surface area contributed by atoms with Crippen LogP contribution >= 0.6 is 0 Å². The Kier molecular flexibility index (Phi) is 13.1. The highest BCUT2D eigenvalue weighted by Crippen LogP contribution is 2.32. The van der Waals surface area contributed by atoms with Crippen molar-refractivity contribution >= 4 is 28.2 Å². The van der Waals surface area contributed by atoms with Gasteiger partial charge in [-0.15, -0.1) is 0 Å². The number of methoxy groups -OCH3 is 2. The molecule has 0 saturated carbocycles. The van der Waals surface area contributed by atoms with Crippen LogP contribution in [0.3, 0.4) is 0 Å². The molecule has 16 nitrogen and oxygen atoms in total. The monoisotopic (exact) mass is 818 g/mol. The molecule has 0 unspecified atom stereocenters. The largest absolute Gasteiger partial charge is 0.497 e. The molecular weight excluding hydrogens is 769 g/mol.